The first-order chi connectivity index (χ1) is 13.3. The highest BCUT2D eigenvalue weighted by Gasteiger charge is 2.27. The fraction of sp³-hybridized carbons (Fsp3) is 0.304. The van der Waals surface area contributed by atoms with E-state index in [0.29, 0.717) is 6.54 Å². The molecule has 4 nitrogen and oxygen atoms in total. The second-order valence-corrected chi connectivity index (χ2v) is 7.12. The Morgan fingerprint density at radius 2 is 1.82 bits per heavy atom. The number of nitrogens with one attached hydrogen (secondary N) is 1. The third-order valence-electron chi connectivity index (χ3n) is 5.33. The van der Waals surface area contributed by atoms with Gasteiger partial charge in [-0.25, -0.2) is 0 Å². The minimum Gasteiger partial charge on any atom is -0.330 e. The summed E-state index contributed by atoms with van der Waals surface area (Å²) in [4.78, 5) is 20.2. The minimum absolute atomic E-state index is 0. The molecule has 1 amide bonds. The maximum atomic E-state index is 13.7. The number of pyridine rings is 1. The molecule has 1 aliphatic heterocycles. The molecule has 0 aliphatic carbocycles. The largest absolute Gasteiger partial charge is 0.330 e. The Kier molecular flexibility index (Phi) is 7.01. The molecule has 3 aromatic rings. The Labute approximate surface area is 172 Å². The van der Waals surface area contributed by atoms with Crippen molar-refractivity contribution in [1.29, 1.82) is 0 Å². The van der Waals surface area contributed by atoms with E-state index in [9.17, 15) is 4.79 Å². The topological polar surface area (TPSA) is 45.2 Å². The molecule has 1 fully saturated rings. The van der Waals surface area contributed by atoms with Gasteiger partial charge >= 0.3 is 0 Å². The Morgan fingerprint density at radius 3 is 2.68 bits per heavy atom. The van der Waals surface area contributed by atoms with Crippen molar-refractivity contribution in [2.45, 2.75) is 31.8 Å². The Bertz CT molecular complexity index is 903. The van der Waals surface area contributed by atoms with Gasteiger partial charge in [-0.2, -0.15) is 0 Å². The summed E-state index contributed by atoms with van der Waals surface area (Å²) < 4.78 is 0. The van der Waals surface area contributed by atoms with E-state index in [0.717, 1.165) is 54.4 Å². The van der Waals surface area contributed by atoms with Gasteiger partial charge in [-0.15, -0.1) is 12.4 Å². The predicted octanol–water partition coefficient (Wildman–Crippen LogP) is 4.44. The van der Waals surface area contributed by atoms with Crippen molar-refractivity contribution in [1.82, 2.24) is 15.2 Å². The van der Waals surface area contributed by atoms with Gasteiger partial charge < -0.3 is 10.2 Å². The van der Waals surface area contributed by atoms with Crippen molar-refractivity contribution in [2.75, 3.05) is 13.1 Å². The van der Waals surface area contributed by atoms with Gasteiger partial charge in [-0.3, -0.25) is 9.78 Å². The van der Waals surface area contributed by atoms with E-state index in [1.807, 2.05) is 53.4 Å². The van der Waals surface area contributed by atoms with Gasteiger partial charge in [0.2, 0.25) is 0 Å². The minimum atomic E-state index is 0. The number of rotatable bonds is 4. The van der Waals surface area contributed by atoms with Gasteiger partial charge in [0.05, 0.1) is 12.2 Å². The fourth-order valence-corrected chi connectivity index (χ4v) is 3.91. The molecule has 0 saturated carbocycles. The summed E-state index contributed by atoms with van der Waals surface area (Å²) >= 11 is 0. The van der Waals surface area contributed by atoms with Crippen LogP contribution in [-0.2, 0) is 6.54 Å². The van der Waals surface area contributed by atoms with Crippen LogP contribution in [0.2, 0.25) is 0 Å². The summed E-state index contributed by atoms with van der Waals surface area (Å²) in [6.45, 7) is 2.52. The molecule has 0 radical (unpaired) electrons. The van der Waals surface area contributed by atoms with Crippen LogP contribution in [0, 0.1) is 0 Å². The van der Waals surface area contributed by atoms with Crippen LogP contribution in [0.5, 0.6) is 0 Å². The maximum Gasteiger partial charge on any atom is 0.255 e. The number of benzene rings is 2. The molecule has 1 aromatic heterocycles. The molecule has 146 valence electrons. The molecule has 1 N–H and O–H groups in total. The molecular weight excluding hydrogens is 370 g/mol. The normalized spacial score (nSPS) is 16.8. The SMILES string of the molecule is Cl.O=C(c1cccc2ccccc12)N(Cc1ccccn1)C1CCCNCC1. The zero-order valence-electron chi connectivity index (χ0n) is 15.9. The number of hydrogen-bond acceptors (Lipinski definition) is 3. The number of hydrogen-bond donors (Lipinski definition) is 1. The van der Waals surface area contributed by atoms with Crippen LogP contribution in [0.25, 0.3) is 10.8 Å². The van der Waals surface area contributed by atoms with E-state index in [1.54, 1.807) is 6.20 Å². The number of halogens is 1. The lowest BCUT2D eigenvalue weighted by molar-refractivity contribution is 0.0644. The number of fused-ring (bicyclic) bond motifs is 1. The van der Waals surface area contributed by atoms with E-state index in [-0.39, 0.29) is 24.4 Å². The lowest BCUT2D eigenvalue weighted by Gasteiger charge is -2.31. The van der Waals surface area contributed by atoms with Gasteiger partial charge in [0, 0.05) is 17.8 Å². The molecule has 28 heavy (non-hydrogen) atoms. The molecule has 0 bridgehead atoms. The number of carbonyl (C=O) groups excluding carboxylic acids is 1. The summed E-state index contributed by atoms with van der Waals surface area (Å²) in [5, 5.41) is 5.57. The van der Waals surface area contributed by atoms with Crippen LogP contribution in [-0.4, -0.2) is 34.9 Å². The van der Waals surface area contributed by atoms with Crippen LogP contribution in [0.1, 0.15) is 35.3 Å². The lowest BCUT2D eigenvalue weighted by Crippen LogP contribution is -2.40. The fourth-order valence-electron chi connectivity index (χ4n) is 3.91. The van der Waals surface area contributed by atoms with Crippen LogP contribution in [0.15, 0.2) is 66.9 Å². The molecule has 1 unspecified atom stereocenters. The summed E-state index contributed by atoms with van der Waals surface area (Å²) in [5.74, 6) is 0.101. The third kappa shape index (κ3) is 4.51. The predicted molar refractivity (Wildman–Crippen MR) is 116 cm³/mol. The zero-order valence-corrected chi connectivity index (χ0v) is 16.7. The van der Waals surface area contributed by atoms with Crippen LogP contribution in [0.3, 0.4) is 0 Å². The first-order valence-electron chi connectivity index (χ1n) is 9.72. The molecular formula is C23H26ClN3O. The Hall–Kier alpha value is -2.43. The van der Waals surface area contributed by atoms with E-state index in [1.165, 1.54) is 0 Å². The average Bonchev–Trinajstić information content (AvgIpc) is 3.01. The second-order valence-electron chi connectivity index (χ2n) is 7.12. The highest BCUT2D eigenvalue weighted by Crippen LogP contribution is 2.24. The summed E-state index contributed by atoms with van der Waals surface area (Å²) in [7, 11) is 0. The first kappa shape index (κ1) is 20.3. The molecule has 1 atom stereocenters. The molecule has 1 aliphatic rings. The summed E-state index contributed by atoms with van der Waals surface area (Å²) in [6.07, 6.45) is 4.89. The highest BCUT2D eigenvalue weighted by atomic mass is 35.5. The molecule has 5 heteroatoms. The highest BCUT2D eigenvalue weighted by molar-refractivity contribution is 6.07. The summed E-state index contributed by atoms with van der Waals surface area (Å²) in [5.41, 5.74) is 1.71. The monoisotopic (exact) mass is 395 g/mol. The number of aromatic nitrogens is 1. The van der Waals surface area contributed by atoms with Crippen LogP contribution >= 0.6 is 12.4 Å². The quantitative estimate of drug-likeness (QED) is 0.710. The van der Waals surface area contributed by atoms with E-state index >= 15 is 0 Å². The van der Waals surface area contributed by atoms with E-state index in [2.05, 4.69) is 22.4 Å². The molecule has 4 rings (SSSR count). The van der Waals surface area contributed by atoms with Gasteiger partial charge in [-0.05, 0) is 61.3 Å². The van der Waals surface area contributed by atoms with Crippen LogP contribution in [0.4, 0.5) is 0 Å². The summed E-state index contributed by atoms with van der Waals surface area (Å²) in [6, 6.07) is 20.2. The smallest absolute Gasteiger partial charge is 0.255 e. The maximum absolute atomic E-state index is 13.7. The molecule has 2 heterocycles. The number of carbonyl (C=O) groups is 1. The third-order valence-corrected chi connectivity index (χ3v) is 5.33. The standard InChI is InChI=1S/C23H25N3O.ClH/c27-23(22-12-5-8-18-7-1-2-11-21(18)22)26(17-19-9-3-4-15-25-19)20-10-6-14-24-16-13-20;/h1-5,7-9,11-12,15,20,24H,6,10,13-14,16-17H2;1H. The first-order valence-corrected chi connectivity index (χ1v) is 9.72. The van der Waals surface area contributed by atoms with Gasteiger partial charge in [0.25, 0.3) is 5.91 Å². The Morgan fingerprint density at radius 1 is 1.00 bits per heavy atom. The van der Waals surface area contributed by atoms with E-state index < -0.39 is 0 Å². The second kappa shape index (κ2) is 9.67. The van der Waals surface area contributed by atoms with Crippen molar-refractivity contribution in [3.05, 3.63) is 78.1 Å². The van der Waals surface area contributed by atoms with Gasteiger partial charge in [-0.1, -0.05) is 42.5 Å². The molecule has 2 aromatic carbocycles. The van der Waals surface area contributed by atoms with Crippen LogP contribution < -0.4 is 5.32 Å². The van der Waals surface area contributed by atoms with Gasteiger partial charge in [0.1, 0.15) is 0 Å². The van der Waals surface area contributed by atoms with Crippen molar-refractivity contribution in [3.63, 3.8) is 0 Å². The molecule has 1 saturated heterocycles. The van der Waals surface area contributed by atoms with Crippen molar-refractivity contribution < 1.29 is 4.79 Å². The van der Waals surface area contributed by atoms with E-state index in [4.69, 9.17) is 0 Å². The number of amides is 1. The lowest BCUT2D eigenvalue weighted by atomic mass is 10.0. The van der Waals surface area contributed by atoms with Gasteiger partial charge in [0.15, 0.2) is 0 Å². The zero-order chi connectivity index (χ0) is 18.5. The van der Waals surface area contributed by atoms with Crippen molar-refractivity contribution >= 4 is 29.1 Å². The molecule has 0 spiro atoms. The Balaban J connectivity index is 0.00000225. The van der Waals surface area contributed by atoms with Crippen molar-refractivity contribution in [3.8, 4) is 0 Å². The average molecular weight is 396 g/mol. The number of nitrogens with zero attached hydrogens (tertiary/aromatic N) is 2. The van der Waals surface area contributed by atoms with Crippen molar-refractivity contribution in [2.24, 2.45) is 0 Å².